The zero-order valence-electron chi connectivity index (χ0n) is 25.0. The number of nitriles is 1. The van der Waals surface area contributed by atoms with Gasteiger partial charge in [-0.05, 0) is 60.8 Å². The molecule has 222 valence electrons. The van der Waals surface area contributed by atoms with Gasteiger partial charge in [-0.3, -0.25) is 9.79 Å². The summed E-state index contributed by atoms with van der Waals surface area (Å²) >= 11 is 0. The SMILES string of the molecule is C=C(C#N)NC(=NC)C(=O)Nc1ccc([C@@](O)(CCCOC)C[C@@]2(COC)C=CCO2)cc1C1=CCC(C)(C)CC1. The van der Waals surface area contributed by atoms with Crippen LogP contribution < -0.4 is 10.6 Å². The largest absolute Gasteiger partial charge is 0.385 e. The van der Waals surface area contributed by atoms with E-state index in [9.17, 15) is 9.90 Å². The molecule has 3 rings (SSSR count). The number of allylic oxidation sites excluding steroid dienone is 3. The average Bonchev–Trinajstić information content (AvgIpc) is 3.39. The van der Waals surface area contributed by atoms with Crippen molar-refractivity contribution in [3.63, 3.8) is 0 Å². The number of hydrogen-bond donors (Lipinski definition) is 3. The van der Waals surface area contributed by atoms with E-state index in [1.54, 1.807) is 14.2 Å². The van der Waals surface area contributed by atoms with Gasteiger partial charge in [-0.2, -0.15) is 5.26 Å². The first-order valence-electron chi connectivity index (χ1n) is 14.0. The third-order valence-electron chi connectivity index (χ3n) is 7.77. The maximum Gasteiger partial charge on any atom is 0.291 e. The Kier molecular flexibility index (Phi) is 11.0. The molecule has 0 radical (unpaired) electrons. The molecule has 1 heterocycles. The highest BCUT2D eigenvalue weighted by atomic mass is 16.5. The Bertz CT molecular complexity index is 1240. The number of amides is 1. The lowest BCUT2D eigenvalue weighted by molar-refractivity contribution is -0.110. The number of anilines is 1. The van der Waals surface area contributed by atoms with Gasteiger partial charge in [0.1, 0.15) is 17.4 Å². The van der Waals surface area contributed by atoms with Crippen LogP contribution in [-0.2, 0) is 24.6 Å². The molecule has 0 saturated heterocycles. The van der Waals surface area contributed by atoms with Crippen LogP contribution >= 0.6 is 0 Å². The molecule has 1 aromatic rings. The second-order valence-corrected chi connectivity index (χ2v) is 11.6. The summed E-state index contributed by atoms with van der Waals surface area (Å²) in [6, 6.07) is 7.53. The van der Waals surface area contributed by atoms with Crippen LogP contribution in [0, 0.1) is 16.7 Å². The van der Waals surface area contributed by atoms with E-state index in [1.807, 2.05) is 36.4 Å². The van der Waals surface area contributed by atoms with Crippen molar-refractivity contribution in [3.8, 4) is 6.07 Å². The van der Waals surface area contributed by atoms with Crippen molar-refractivity contribution in [1.82, 2.24) is 5.32 Å². The summed E-state index contributed by atoms with van der Waals surface area (Å²) in [6.07, 6.45) is 10.3. The number of aliphatic hydroxyl groups is 1. The third kappa shape index (κ3) is 8.37. The van der Waals surface area contributed by atoms with Gasteiger partial charge in [0.25, 0.3) is 5.91 Å². The Labute approximate surface area is 244 Å². The lowest BCUT2D eigenvalue weighted by Crippen LogP contribution is -2.42. The van der Waals surface area contributed by atoms with Crippen LogP contribution in [0.15, 0.2) is 53.7 Å². The van der Waals surface area contributed by atoms with E-state index in [0.29, 0.717) is 44.8 Å². The molecule has 1 aromatic carbocycles. The second-order valence-electron chi connectivity index (χ2n) is 11.6. The summed E-state index contributed by atoms with van der Waals surface area (Å²) in [7, 11) is 4.75. The van der Waals surface area contributed by atoms with Gasteiger partial charge in [-0.1, -0.05) is 44.7 Å². The van der Waals surface area contributed by atoms with Crippen LogP contribution in [-0.4, -0.2) is 63.5 Å². The Morgan fingerprint density at radius 3 is 2.68 bits per heavy atom. The highest BCUT2D eigenvalue weighted by Crippen LogP contribution is 2.44. The van der Waals surface area contributed by atoms with E-state index in [0.717, 1.165) is 36.0 Å². The first-order valence-corrected chi connectivity index (χ1v) is 14.0. The van der Waals surface area contributed by atoms with E-state index in [2.05, 4.69) is 42.1 Å². The van der Waals surface area contributed by atoms with Crippen LogP contribution in [0.5, 0.6) is 0 Å². The first kappa shape index (κ1) is 32.2. The summed E-state index contributed by atoms with van der Waals surface area (Å²) in [4.78, 5) is 17.2. The minimum absolute atomic E-state index is 0.0165. The standard InChI is InChI=1S/C32H44N4O5/c1-23(20-33)35-28(34-4)29(37)36-27-10-9-25(19-26(27)24-11-15-30(2,3)16-12-24)32(38,14-8-17-39-5)21-31(22-40-6)13-7-18-41-31/h7,9-11,13,19,38H,1,8,12,14-18,21-22H2,2-6H3,(H,34,35)(H,36,37)/t31-,32-/m1/s1. The van der Waals surface area contributed by atoms with Crippen molar-refractivity contribution in [1.29, 1.82) is 5.26 Å². The molecule has 9 nitrogen and oxygen atoms in total. The predicted molar refractivity (Wildman–Crippen MR) is 161 cm³/mol. The summed E-state index contributed by atoms with van der Waals surface area (Å²) in [6.45, 7) is 9.36. The third-order valence-corrected chi connectivity index (χ3v) is 7.77. The van der Waals surface area contributed by atoms with Gasteiger partial charge in [0.2, 0.25) is 0 Å². The monoisotopic (exact) mass is 564 g/mol. The summed E-state index contributed by atoms with van der Waals surface area (Å²) in [5.74, 6) is -0.512. The molecule has 0 fully saturated rings. The van der Waals surface area contributed by atoms with Gasteiger partial charge < -0.3 is 30.0 Å². The topological polar surface area (TPSA) is 125 Å². The predicted octanol–water partition coefficient (Wildman–Crippen LogP) is 4.85. The van der Waals surface area contributed by atoms with Crippen LogP contribution in [0.2, 0.25) is 0 Å². The minimum atomic E-state index is -1.25. The Morgan fingerprint density at radius 2 is 2.10 bits per heavy atom. The zero-order valence-corrected chi connectivity index (χ0v) is 25.0. The van der Waals surface area contributed by atoms with Crippen molar-refractivity contribution in [2.75, 3.05) is 46.4 Å². The summed E-state index contributed by atoms with van der Waals surface area (Å²) in [5, 5.41) is 27.0. The number of carbonyl (C=O) groups is 1. The molecule has 1 amide bonds. The molecule has 0 spiro atoms. The average molecular weight is 565 g/mol. The molecule has 0 saturated carbocycles. The number of hydrogen-bond acceptors (Lipinski definition) is 7. The van der Waals surface area contributed by atoms with Crippen molar-refractivity contribution >= 4 is 23.0 Å². The molecule has 0 unspecified atom stereocenters. The fraction of sp³-hybridized carbons (Fsp3) is 0.531. The van der Waals surface area contributed by atoms with E-state index < -0.39 is 17.1 Å². The molecule has 1 aliphatic heterocycles. The van der Waals surface area contributed by atoms with Crippen LogP contribution in [0.4, 0.5) is 5.69 Å². The van der Waals surface area contributed by atoms with Crippen LogP contribution in [0.1, 0.15) is 63.5 Å². The fourth-order valence-electron chi connectivity index (χ4n) is 5.46. The number of amidine groups is 1. The smallest absolute Gasteiger partial charge is 0.291 e. The lowest BCUT2D eigenvalue weighted by atomic mass is 9.75. The van der Waals surface area contributed by atoms with Crippen molar-refractivity contribution in [2.45, 2.75) is 63.6 Å². The van der Waals surface area contributed by atoms with Crippen molar-refractivity contribution in [2.24, 2.45) is 10.4 Å². The maximum atomic E-state index is 13.2. The quantitative estimate of drug-likeness (QED) is 0.109. The van der Waals surface area contributed by atoms with E-state index in [1.165, 1.54) is 7.05 Å². The molecule has 1 aliphatic carbocycles. The number of aliphatic imine (C=N–C) groups is 1. The molecule has 2 atom stereocenters. The molecular weight excluding hydrogens is 520 g/mol. The summed E-state index contributed by atoms with van der Waals surface area (Å²) < 4.78 is 16.9. The summed E-state index contributed by atoms with van der Waals surface area (Å²) in [5.41, 5.74) is 1.48. The van der Waals surface area contributed by atoms with Gasteiger partial charge in [0.05, 0.1) is 18.8 Å². The molecule has 9 heteroatoms. The van der Waals surface area contributed by atoms with Crippen LogP contribution in [0.25, 0.3) is 5.57 Å². The number of rotatable bonds is 12. The van der Waals surface area contributed by atoms with E-state index >= 15 is 0 Å². The molecule has 41 heavy (non-hydrogen) atoms. The van der Waals surface area contributed by atoms with E-state index in [-0.39, 0.29) is 16.9 Å². The number of methoxy groups -OCH3 is 2. The number of benzene rings is 1. The molecule has 0 aromatic heterocycles. The number of nitrogens with zero attached hydrogens (tertiary/aromatic N) is 2. The molecular formula is C32H44N4O5. The Balaban J connectivity index is 2.06. The van der Waals surface area contributed by atoms with Gasteiger partial charge in [-0.15, -0.1) is 0 Å². The van der Waals surface area contributed by atoms with Crippen molar-refractivity contribution < 1.29 is 24.1 Å². The maximum absolute atomic E-state index is 13.2. The minimum Gasteiger partial charge on any atom is -0.385 e. The van der Waals surface area contributed by atoms with Gasteiger partial charge in [0, 0.05) is 45.5 Å². The Morgan fingerprint density at radius 1 is 1.32 bits per heavy atom. The Hall–Kier alpha value is -3.29. The highest BCUT2D eigenvalue weighted by molar-refractivity contribution is 6.42. The van der Waals surface area contributed by atoms with Gasteiger partial charge in [0.15, 0.2) is 5.84 Å². The second kappa shape index (κ2) is 14.1. The number of nitrogens with one attached hydrogen (secondary N) is 2. The zero-order chi connectivity index (χ0) is 30.1. The van der Waals surface area contributed by atoms with Crippen molar-refractivity contribution in [3.05, 3.63) is 59.8 Å². The van der Waals surface area contributed by atoms with E-state index in [4.69, 9.17) is 19.5 Å². The van der Waals surface area contributed by atoms with Gasteiger partial charge >= 0.3 is 0 Å². The first-order chi connectivity index (χ1) is 19.5. The normalized spacial score (nSPS) is 21.5. The molecule has 2 aliphatic rings. The van der Waals surface area contributed by atoms with Gasteiger partial charge in [-0.25, -0.2) is 0 Å². The molecule has 0 bridgehead atoms. The lowest BCUT2D eigenvalue weighted by Gasteiger charge is -2.38. The fourth-order valence-corrected chi connectivity index (χ4v) is 5.46. The number of ether oxygens (including phenoxy) is 3. The molecule has 3 N–H and O–H groups in total. The highest BCUT2D eigenvalue weighted by Gasteiger charge is 2.42. The van der Waals surface area contributed by atoms with Crippen LogP contribution in [0.3, 0.4) is 0 Å². The number of carbonyl (C=O) groups excluding carboxylic acids is 1.